The minimum absolute atomic E-state index is 0.244. The number of carboxylic acid groups (broad SMARTS) is 1. The van der Waals surface area contributed by atoms with Gasteiger partial charge in [0.15, 0.2) is 0 Å². The maximum absolute atomic E-state index is 11.4. The number of aliphatic hydroxyl groups excluding tert-OH is 1. The molecule has 0 spiro atoms. The van der Waals surface area contributed by atoms with Gasteiger partial charge < -0.3 is 15.5 Å². The molecule has 0 saturated heterocycles. The SMILES string of the molecule is CNc1cc2c(C)n(C3CCC(CO)CC3)nc2cc1C(=O)O. The molecular weight excluding hydrogens is 294 g/mol. The lowest BCUT2D eigenvalue weighted by molar-refractivity contribution is 0.0698. The molecule has 0 bridgehead atoms. The van der Waals surface area contributed by atoms with Crippen molar-refractivity contribution in [2.45, 2.75) is 38.6 Å². The highest BCUT2D eigenvalue weighted by molar-refractivity contribution is 6.00. The Kier molecular flexibility index (Phi) is 4.26. The van der Waals surface area contributed by atoms with Gasteiger partial charge in [-0.1, -0.05) is 0 Å². The molecule has 2 aromatic rings. The number of hydrogen-bond donors (Lipinski definition) is 3. The Hall–Kier alpha value is -2.08. The van der Waals surface area contributed by atoms with Crippen LogP contribution in [0.5, 0.6) is 0 Å². The number of fused-ring (bicyclic) bond motifs is 1. The molecule has 1 saturated carbocycles. The summed E-state index contributed by atoms with van der Waals surface area (Å²) in [7, 11) is 1.73. The fourth-order valence-corrected chi connectivity index (χ4v) is 3.59. The van der Waals surface area contributed by atoms with Crippen LogP contribution in [0.1, 0.15) is 47.8 Å². The van der Waals surface area contributed by atoms with Gasteiger partial charge in [-0.25, -0.2) is 4.79 Å². The summed E-state index contributed by atoms with van der Waals surface area (Å²) in [6.07, 6.45) is 4.04. The molecule has 1 aliphatic carbocycles. The predicted molar refractivity (Wildman–Crippen MR) is 89.1 cm³/mol. The molecule has 6 nitrogen and oxygen atoms in total. The van der Waals surface area contributed by atoms with Crippen LogP contribution in [0.3, 0.4) is 0 Å². The number of aromatic nitrogens is 2. The van der Waals surface area contributed by atoms with E-state index in [0.717, 1.165) is 42.3 Å². The molecular formula is C17H23N3O3. The van der Waals surface area contributed by atoms with Crippen molar-refractivity contribution in [3.05, 3.63) is 23.4 Å². The molecule has 0 amide bonds. The Balaban J connectivity index is 2.00. The van der Waals surface area contributed by atoms with Crippen molar-refractivity contribution in [3.8, 4) is 0 Å². The quantitative estimate of drug-likeness (QED) is 0.807. The second kappa shape index (κ2) is 6.20. The minimum atomic E-state index is -0.952. The Bertz CT molecular complexity index is 730. The van der Waals surface area contributed by atoms with Crippen LogP contribution in [0.15, 0.2) is 12.1 Å². The van der Waals surface area contributed by atoms with Crippen molar-refractivity contribution in [1.29, 1.82) is 0 Å². The third-order valence-electron chi connectivity index (χ3n) is 5.00. The van der Waals surface area contributed by atoms with E-state index in [1.165, 1.54) is 0 Å². The van der Waals surface area contributed by atoms with E-state index in [9.17, 15) is 15.0 Å². The Morgan fingerprint density at radius 1 is 1.35 bits per heavy atom. The number of nitrogens with one attached hydrogen (secondary N) is 1. The highest BCUT2D eigenvalue weighted by atomic mass is 16.4. The summed E-state index contributed by atoms with van der Waals surface area (Å²) in [6.45, 7) is 2.30. The normalized spacial score (nSPS) is 21.5. The van der Waals surface area contributed by atoms with Crippen LogP contribution in [0, 0.1) is 12.8 Å². The third-order valence-corrected chi connectivity index (χ3v) is 5.00. The van der Waals surface area contributed by atoms with Gasteiger partial charge in [0.25, 0.3) is 0 Å². The summed E-state index contributed by atoms with van der Waals surface area (Å²) in [5.41, 5.74) is 2.65. The van der Waals surface area contributed by atoms with Gasteiger partial charge in [0.1, 0.15) is 0 Å². The van der Waals surface area contributed by atoms with Crippen molar-refractivity contribution in [2.24, 2.45) is 5.92 Å². The Morgan fingerprint density at radius 2 is 2.04 bits per heavy atom. The van der Waals surface area contributed by atoms with Gasteiger partial charge in [0.2, 0.25) is 0 Å². The van der Waals surface area contributed by atoms with Crippen LogP contribution in [0.2, 0.25) is 0 Å². The zero-order chi connectivity index (χ0) is 16.6. The van der Waals surface area contributed by atoms with Gasteiger partial charge in [-0.2, -0.15) is 5.10 Å². The summed E-state index contributed by atoms with van der Waals surface area (Å²) in [5.74, 6) is -0.544. The molecule has 0 aliphatic heterocycles. The van der Waals surface area contributed by atoms with E-state index >= 15 is 0 Å². The summed E-state index contributed by atoms with van der Waals surface area (Å²) in [6, 6.07) is 3.85. The molecule has 124 valence electrons. The average molecular weight is 317 g/mol. The fraction of sp³-hybridized carbons (Fsp3) is 0.529. The van der Waals surface area contributed by atoms with Crippen molar-refractivity contribution in [1.82, 2.24) is 9.78 Å². The second-order valence-corrected chi connectivity index (χ2v) is 6.36. The molecule has 1 fully saturated rings. The number of rotatable bonds is 4. The molecule has 0 atom stereocenters. The Labute approximate surface area is 135 Å². The largest absolute Gasteiger partial charge is 0.478 e. The highest BCUT2D eigenvalue weighted by Gasteiger charge is 2.25. The van der Waals surface area contributed by atoms with Gasteiger partial charge >= 0.3 is 5.97 Å². The van der Waals surface area contributed by atoms with Crippen LogP contribution in [-0.2, 0) is 0 Å². The number of carbonyl (C=O) groups is 1. The van der Waals surface area contributed by atoms with Gasteiger partial charge in [-0.15, -0.1) is 0 Å². The first-order chi connectivity index (χ1) is 11.0. The molecule has 1 aromatic heterocycles. The highest BCUT2D eigenvalue weighted by Crippen LogP contribution is 2.35. The lowest BCUT2D eigenvalue weighted by Gasteiger charge is -2.28. The molecule has 1 heterocycles. The minimum Gasteiger partial charge on any atom is -0.478 e. The van der Waals surface area contributed by atoms with Crippen LogP contribution in [0.25, 0.3) is 10.9 Å². The smallest absolute Gasteiger partial charge is 0.337 e. The first kappa shape index (κ1) is 15.8. The monoisotopic (exact) mass is 317 g/mol. The average Bonchev–Trinajstić information content (AvgIpc) is 2.90. The third kappa shape index (κ3) is 2.79. The van der Waals surface area contributed by atoms with E-state index in [4.69, 9.17) is 0 Å². The molecule has 1 aliphatic rings. The molecule has 23 heavy (non-hydrogen) atoms. The predicted octanol–water partition coefficient (Wildman–Crippen LogP) is 2.81. The van der Waals surface area contributed by atoms with Crippen LogP contribution in [-0.4, -0.2) is 39.6 Å². The van der Waals surface area contributed by atoms with Gasteiger partial charge in [0, 0.05) is 30.4 Å². The molecule has 0 radical (unpaired) electrons. The molecule has 0 unspecified atom stereocenters. The molecule has 1 aromatic carbocycles. The van der Waals surface area contributed by atoms with E-state index in [1.807, 2.05) is 17.7 Å². The summed E-state index contributed by atoms with van der Waals surface area (Å²) in [5, 5.41) is 27.2. The fourth-order valence-electron chi connectivity index (χ4n) is 3.59. The van der Waals surface area contributed by atoms with Crippen molar-refractivity contribution in [3.63, 3.8) is 0 Å². The van der Waals surface area contributed by atoms with Crippen molar-refractivity contribution >= 4 is 22.6 Å². The second-order valence-electron chi connectivity index (χ2n) is 6.36. The van der Waals surface area contributed by atoms with Crippen LogP contribution in [0.4, 0.5) is 5.69 Å². The first-order valence-corrected chi connectivity index (χ1v) is 8.10. The van der Waals surface area contributed by atoms with Gasteiger partial charge in [-0.05, 0) is 50.7 Å². The number of benzene rings is 1. The number of hydrogen-bond acceptors (Lipinski definition) is 4. The maximum Gasteiger partial charge on any atom is 0.337 e. The lowest BCUT2D eigenvalue weighted by Crippen LogP contribution is -2.21. The van der Waals surface area contributed by atoms with Crippen molar-refractivity contribution < 1.29 is 15.0 Å². The van der Waals surface area contributed by atoms with Crippen LogP contribution >= 0.6 is 0 Å². The summed E-state index contributed by atoms with van der Waals surface area (Å²) >= 11 is 0. The number of aromatic carboxylic acids is 1. The summed E-state index contributed by atoms with van der Waals surface area (Å²) in [4.78, 5) is 11.4. The number of aliphatic hydroxyl groups is 1. The van der Waals surface area contributed by atoms with E-state index in [2.05, 4.69) is 10.4 Å². The number of carboxylic acids is 1. The molecule has 3 rings (SSSR count). The first-order valence-electron chi connectivity index (χ1n) is 8.10. The van der Waals surface area contributed by atoms with Crippen molar-refractivity contribution in [2.75, 3.05) is 19.0 Å². The maximum atomic E-state index is 11.4. The van der Waals surface area contributed by atoms with E-state index in [-0.39, 0.29) is 12.2 Å². The lowest BCUT2D eigenvalue weighted by atomic mass is 9.86. The number of anilines is 1. The van der Waals surface area contributed by atoms with E-state index < -0.39 is 5.97 Å². The summed E-state index contributed by atoms with van der Waals surface area (Å²) < 4.78 is 2.04. The van der Waals surface area contributed by atoms with Gasteiger partial charge in [-0.3, -0.25) is 4.68 Å². The van der Waals surface area contributed by atoms with E-state index in [1.54, 1.807) is 13.1 Å². The van der Waals surface area contributed by atoms with E-state index in [0.29, 0.717) is 17.6 Å². The number of aryl methyl sites for hydroxylation is 1. The topological polar surface area (TPSA) is 87.4 Å². The Morgan fingerprint density at radius 3 is 2.61 bits per heavy atom. The van der Waals surface area contributed by atoms with Gasteiger partial charge in [0.05, 0.1) is 17.1 Å². The van der Waals surface area contributed by atoms with Crippen LogP contribution < -0.4 is 5.32 Å². The molecule has 6 heteroatoms. The number of nitrogens with zero attached hydrogens (tertiary/aromatic N) is 2. The molecule has 3 N–H and O–H groups in total. The standard InChI is InChI=1S/C17H23N3O3/c1-10-13-7-15(18-2)14(17(22)23)8-16(13)19-20(10)12-5-3-11(9-21)4-6-12/h7-8,11-12,18,21H,3-6,9H2,1-2H3,(H,22,23). The zero-order valence-electron chi connectivity index (χ0n) is 13.5. The zero-order valence-corrected chi connectivity index (χ0v) is 13.5.